The second kappa shape index (κ2) is 11.1. The van der Waals surface area contributed by atoms with Gasteiger partial charge in [-0.15, -0.1) is 11.3 Å². The van der Waals surface area contributed by atoms with Crippen LogP contribution in [0.2, 0.25) is 0 Å². The number of pyridine rings is 1. The Morgan fingerprint density at radius 1 is 1.10 bits per heavy atom. The molecule has 0 fully saturated rings. The fourth-order valence-electron chi connectivity index (χ4n) is 5.80. The van der Waals surface area contributed by atoms with E-state index in [1.165, 1.54) is 29.5 Å². The van der Waals surface area contributed by atoms with E-state index in [9.17, 15) is 18.4 Å². The molecule has 5 aromatic rings. The number of carbonyl (C=O) groups is 2. The maximum Gasteiger partial charge on any atom is 0.261 e. The molecule has 3 N–H and O–H groups in total. The molecule has 1 aliphatic carbocycles. The largest absolute Gasteiger partial charge is 0.366 e. The minimum Gasteiger partial charge on any atom is -0.366 e. The third-order valence-corrected chi connectivity index (χ3v) is 8.79. The van der Waals surface area contributed by atoms with Gasteiger partial charge in [-0.2, -0.15) is 0 Å². The Morgan fingerprint density at radius 2 is 1.88 bits per heavy atom. The summed E-state index contributed by atoms with van der Waals surface area (Å²) in [6.07, 6.45) is 3.65. The highest BCUT2D eigenvalue weighted by molar-refractivity contribution is 7.17. The average molecular weight is 585 g/mol. The van der Waals surface area contributed by atoms with Gasteiger partial charge in [-0.1, -0.05) is 38.1 Å². The lowest BCUT2D eigenvalue weighted by Gasteiger charge is -2.15. The van der Waals surface area contributed by atoms with E-state index >= 15 is 0 Å². The molecule has 0 saturated heterocycles. The van der Waals surface area contributed by atoms with Crippen LogP contribution in [0.1, 0.15) is 68.7 Å². The summed E-state index contributed by atoms with van der Waals surface area (Å²) in [5.74, 6) is -1.17. The van der Waals surface area contributed by atoms with Gasteiger partial charge in [-0.3, -0.25) is 9.59 Å². The van der Waals surface area contributed by atoms with Crippen molar-refractivity contribution in [3.63, 3.8) is 0 Å². The fourth-order valence-corrected chi connectivity index (χ4v) is 6.77. The van der Waals surface area contributed by atoms with Gasteiger partial charge in [0.05, 0.1) is 22.2 Å². The van der Waals surface area contributed by atoms with Gasteiger partial charge in [-0.05, 0) is 78.3 Å². The quantitative estimate of drug-likeness (QED) is 0.210. The van der Waals surface area contributed by atoms with E-state index in [-0.39, 0.29) is 29.5 Å². The van der Waals surface area contributed by atoms with Crippen LogP contribution >= 0.6 is 11.3 Å². The second-order valence-electron chi connectivity index (χ2n) is 11.1. The number of benzene rings is 2. The number of amides is 2. The van der Waals surface area contributed by atoms with Gasteiger partial charge in [0.15, 0.2) is 0 Å². The predicted octanol–water partition coefficient (Wildman–Crippen LogP) is 6.81. The Kier molecular flexibility index (Phi) is 7.36. The molecule has 0 bridgehead atoms. The Bertz CT molecular complexity index is 1820. The molecule has 6 rings (SSSR count). The number of nitrogens with zero attached hydrogens (tertiary/aromatic N) is 2. The van der Waals surface area contributed by atoms with Crippen molar-refractivity contribution in [1.82, 2.24) is 14.9 Å². The van der Waals surface area contributed by atoms with Gasteiger partial charge in [0.1, 0.15) is 17.3 Å². The van der Waals surface area contributed by atoms with Gasteiger partial charge < -0.3 is 15.6 Å². The minimum atomic E-state index is -0.578. The normalized spacial score (nSPS) is 14.5. The Balaban J connectivity index is 1.40. The Labute approximate surface area is 246 Å². The third-order valence-electron chi connectivity index (χ3n) is 7.69. The van der Waals surface area contributed by atoms with Gasteiger partial charge in [0.25, 0.3) is 11.8 Å². The van der Waals surface area contributed by atoms with Gasteiger partial charge in [0.2, 0.25) is 0 Å². The van der Waals surface area contributed by atoms with E-state index in [0.29, 0.717) is 58.7 Å². The molecule has 0 aliphatic heterocycles. The topological polar surface area (TPSA) is 90.0 Å². The number of thiophene rings is 1. The van der Waals surface area contributed by atoms with Crippen LogP contribution in [0.5, 0.6) is 0 Å². The maximum absolute atomic E-state index is 14.2. The highest BCUT2D eigenvalue weighted by atomic mass is 32.1. The van der Waals surface area contributed by atoms with Crippen molar-refractivity contribution in [3.8, 4) is 10.4 Å². The monoisotopic (exact) mass is 584 g/mol. The van der Waals surface area contributed by atoms with E-state index in [1.807, 2.05) is 29.0 Å². The zero-order chi connectivity index (χ0) is 29.5. The molecule has 6 nitrogen and oxygen atoms in total. The molecule has 214 valence electrons. The van der Waals surface area contributed by atoms with Crippen LogP contribution in [-0.4, -0.2) is 21.4 Å². The number of fused-ring (bicyclic) bond motifs is 2. The smallest absolute Gasteiger partial charge is 0.261 e. The first-order valence-electron chi connectivity index (χ1n) is 13.9. The molecule has 0 saturated carbocycles. The van der Waals surface area contributed by atoms with Crippen LogP contribution in [0.25, 0.3) is 21.5 Å². The Hall–Kier alpha value is -4.37. The number of carbonyl (C=O) groups excluding carboxylic acids is 2. The van der Waals surface area contributed by atoms with E-state index in [1.54, 1.807) is 24.3 Å². The zero-order valence-electron chi connectivity index (χ0n) is 23.3. The summed E-state index contributed by atoms with van der Waals surface area (Å²) in [5.41, 5.74) is 10.6. The van der Waals surface area contributed by atoms with Crippen LogP contribution in [0.4, 0.5) is 8.78 Å². The standard InChI is InChI=1S/C33H30F2N4O2S/c1-18(2)16-26-30(31(36)40)29(23-14-15-39(32(23)37-26)17-19-6-8-20(34)9-7-19)27-12-13-28(42-27)33(41)38-25-11-10-21-22(25)4-3-5-24(21)35/h3-9,12-15,18,25H,10-11,16-17H2,1-2H3,(H2,36,40)(H,38,41). The molecule has 1 aliphatic rings. The summed E-state index contributed by atoms with van der Waals surface area (Å²) in [6, 6.07) is 16.5. The molecule has 1 unspecified atom stereocenters. The lowest BCUT2D eigenvalue weighted by atomic mass is 9.96. The highest BCUT2D eigenvalue weighted by Crippen LogP contribution is 2.39. The molecule has 3 aromatic heterocycles. The third kappa shape index (κ3) is 5.20. The summed E-state index contributed by atoms with van der Waals surface area (Å²) in [6.45, 7) is 4.57. The van der Waals surface area contributed by atoms with Crippen molar-refractivity contribution in [2.24, 2.45) is 11.7 Å². The lowest BCUT2D eigenvalue weighted by Crippen LogP contribution is -2.26. The predicted molar refractivity (Wildman–Crippen MR) is 161 cm³/mol. The first-order valence-corrected chi connectivity index (χ1v) is 14.8. The molecular weight excluding hydrogens is 554 g/mol. The average Bonchev–Trinajstić information content (AvgIpc) is 3.69. The fraction of sp³-hybridized carbons (Fsp3) is 0.242. The summed E-state index contributed by atoms with van der Waals surface area (Å²) in [5, 5.41) is 3.80. The molecule has 3 heterocycles. The molecule has 42 heavy (non-hydrogen) atoms. The molecule has 0 radical (unpaired) electrons. The SMILES string of the molecule is CC(C)Cc1nc2c(ccn2Cc2ccc(F)cc2)c(-c2ccc(C(=O)NC3CCc4c(F)cccc43)s2)c1C(N)=O. The summed E-state index contributed by atoms with van der Waals surface area (Å²) in [4.78, 5) is 32.4. The van der Waals surface area contributed by atoms with E-state index in [0.717, 1.165) is 21.4 Å². The van der Waals surface area contributed by atoms with Crippen LogP contribution in [0.15, 0.2) is 66.9 Å². The lowest BCUT2D eigenvalue weighted by molar-refractivity contribution is 0.0939. The molecule has 2 amide bonds. The number of hydrogen-bond donors (Lipinski definition) is 2. The van der Waals surface area contributed by atoms with Crippen molar-refractivity contribution in [1.29, 1.82) is 0 Å². The van der Waals surface area contributed by atoms with Gasteiger partial charge in [0, 0.05) is 28.6 Å². The van der Waals surface area contributed by atoms with Gasteiger partial charge >= 0.3 is 0 Å². The molecule has 2 aromatic carbocycles. The molecule has 1 atom stereocenters. The van der Waals surface area contributed by atoms with E-state index < -0.39 is 5.91 Å². The first-order chi connectivity index (χ1) is 20.2. The molecule has 9 heteroatoms. The number of primary amides is 1. The van der Waals surface area contributed by atoms with Crippen LogP contribution in [-0.2, 0) is 19.4 Å². The van der Waals surface area contributed by atoms with Crippen molar-refractivity contribution in [3.05, 3.63) is 111 Å². The van der Waals surface area contributed by atoms with Crippen LogP contribution < -0.4 is 11.1 Å². The minimum absolute atomic E-state index is 0.213. The van der Waals surface area contributed by atoms with Gasteiger partial charge in [-0.25, -0.2) is 13.8 Å². The number of halogens is 2. The first kappa shape index (κ1) is 27.8. The molecular formula is C33H30F2N4O2S. The van der Waals surface area contributed by atoms with Crippen LogP contribution in [0, 0.1) is 17.6 Å². The zero-order valence-corrected chi connectivity index (χ0v) is 24.1. The number of aromatic nitrogens is 2. The maximum atomic E-state index is 14.2. The van der Waals surface area contributed by atoms with Crippen molar-refractivity contribution in [2.75, 3.05) is 0 Å². The second-order valence-corrected chi connectivity index (χ2v) is 12.2. The number of hydrogen-bond acceptors (Lipinski definition) is 4. The van der Waals surface area contributed by atoms with E-state index in [2.05, 4.69) is 19.2 Å². The van der Waals surface area contributed by atoms with E-state index in [4.69, 9.17) is 10.7 Å². The van der Waals surface area contributed by atoms with Crippen LogP contribution in [0.3, 0.4) is 0 Å². The number of nitrogens with two attached hydrogens (primary N) is 1. The summed E-state index contributed by atoms with van der Waals surface area (Å²) in [7, 11) is 0. The summed E-state index contributed by atoms with van der Waals surface area (Å²) >= 11 is 1.28. The van der Waals surface area contributed by atoms with Crippen molar-refractivity contribution < 1.29 is 18.4 Å². The highest BCUT2D eigenvalue weighted by Gasteiger charge is 2.28. The number of rotatable bonds is 8. The van der Waals surface area contributed by atoms with Crippen molar-refractivity contribution in [2.45, 2.75) is 45.7 Å². The molecule has 0 spiro atoms. The summed E-state index contributed by atoms with van der Waals surface area (Å²) < 4.78 is 29.7. The van der Waals surface area contributed by atoms with Crippen molar-refractivity contribution >= 4 is 34.2 Å². The Morgan fingerprint density at radius 3 is 2.62 bits per heavy atom. The number of nitrogens with one attached hydrogen (secondary N) is 1.